The second-order valence-electron chi connectivity index (χ2n) is 4.12. The molecule has 3 rings (SSSR count). The fraction of sp³-hybridized carbons (Fsp3) is 0.167. The summed E-state index contributed by atoms with van der Waals surface area (Å²) in [5.74, 6) is -0.999. The predicted octanol–water partition coefficient (Wildman–Crippen LogP) is 3.21. The van der Waals surface area contributed by atoms with Gasteiger partial charge in [0.2, 0.25) is 5.82 Å². The van der Waals surface area contributed by atoms with E-state index < -0.39 is 12.0 Å². The van der Waals surface area contributed by atoms with Crippen molar-refractivity contribution in [3.8, 4) is 0 Å². The number of nitrogens with zero attached hydrogens (tertiary/aromatic N) is 3. The van der Waals surface area contributed by atoms with E-state index >= 15 is 0 Å². The number of halogens is 3. The van der Waals surface area contributed by atoms with Crippen LogP contribution in [0.3, 0.4) is 0 Å². The Balaban J connectivity index is 2.43. The summed E-state index contributed by atoms with van der Waals surface area (Å²) in [7, 11) is 0. The Morgan fingerprint density at radius 3 is 2.61 bits per heavy atom. The molecule has 0 spiro atoms. The number of fused-ring (bicyclic) bond motifs is 3. The molecule has 0 N–H and O–H groups in total. The molecular weight excluding hydrogens is 243 g/mol. The van der Waals surface area contributed by atoms with Crippen molar-refractivity contribution in [3.63, 3.8) is 0 Å². The van der Waals surface area contributed by atoms with Gasteiger partial charge >= 0.3 is 6.18 Å². The van der Waals surface area contributed by atoms with Gasteiger partial charge in [-0.15, -0.1) is 10.2 Å². The normalized spacial score (nSPS) is 12.4. The van der Waals surface area contributed by atoms with Crippen molar-refractivity contribution in [2.75, 3.05) is 0 Å². The zero-order chi connectivity index (χ0) is 12.9. The standard InChI is InChI=1S/C12H8F3N3/c1-7-2-3-8-4-5-18-10(9(8)6-7)16-17-11(18)12(13,14)15/h2-6H,1H3. The molecule has 0 radical (unpaired) electrons. The van der Waals surface area contributed by atoms with Crippen LogP contribution in [0.25, 0.3) is 16.4 Å². The van der Waals surface area contributed by atoms with Gasteiger partial charge in [0, 0.05) is 11.6 Å². The van der Waals surface area contributed by atoms with Crippen molar-refractivity contribution in [3.05, 3.63) is 41.9 Å². The van der Waals surface area contributed by atoms with E-state index in [1.54, 1.807) is 12.1 Å². The zero-order valence-electron chi connectivity index (χ0n) is 9.36. The number of benzene rings is 1. The van der Waals surface area contributed by atoms with Crippen LogP contribution >= 0.6 is 0 Å². The van der Waals surface area contributed by atoms with Crippen LogP contribution in [0.15, 0.2) is 30.5 Å². The lowest BCUT2D eigenvalue weighted by Crippen LogP contribution is -2.10. The van der Waals surface area contributed by atoms with Gasteiger partial charge < -0.3 is 0 Å². The van der Waals surface area contributed by atoms with Crippen LogP contribution in [0, 0.1) is 6.92 Å². The minimum atomic E-state index is -4.50. The van der Waals surface area contributed by atoms with Crippen molar-refractivity contribution in [1.29, 1.82) is 0 Å². The van der Waals surface area contributed by atoms with Gasteiger partial charge in [-0.3, -0.25) is 4.40 Å². The molecule has 1 aromatic carbocycles. The van der Waals surface area contributed by atoms with E-state index in [9.17, 15) is 13.2 Å². The molecule has 0 unspecified atom stereocenters. The van der Waals surface area contributed by atoms with Gasteiger partial charge in [0.05, 0.1) is 0 Å². The third kappa shape index (κ3) is 1.53. The van der Waals surface area contributed by atoms with E-state index in [-0.39, 0.29) is 5.65 Å². The molecule has 0 bridgehead atoms. The summed E-state index contributed by atoms with van der Waals surface area (Å²) >= 11 is 0. The molecule has 18 heavy (non-hydrogen) atoms. The monoisotopic (exact) mass is 251 g/mol. The summed E-state index contributed by atoms with van der Waals surface area (Å²) in [6.45, 7) is 1.88. The van der Waals surface area contributed by atoms with Crippen molar-refractivity contribution in [1.82, 2.24) is 14.6 Å². The molecule has 3 aromatic rings. The molecule has 0 atom stereocenters. The highest BCUT2D eigenvalue weighted by Crippen LogP contribution is 2.29. The van der Waals surface area contributed by atoms with Gasteiger partial charge in [0.15, 0.2) is 5.65 Å². The van der Waals surface area contributed by atoms with Crippen LogP contribution in [0.5, 0.6) is 0 Å². The number of hydrogen-bond acceptors (Lipinski definition) is 2. The van der Waals surface area contributed by atoms with E-state index in [1.165, 1.54) is 6.20 Å². The fourth-order valence-electron chi connectivity index (χ4n) is 1.97. The number of rotatable bonds is 0. The lowest BCUT2D eigenvalue weighted by Gasteiger charge is -2.05. The van der Waals surface area contributed by atoms with Gasteiger partial charge in [0.1, 0.15) is 0 Å². The average Bonchev–Trinajstić information content (AvgIpc) is 2.72. The molecule has 0 fully saturated rings. The highest BCUT2D eigenvalue weighted by atomic mass is 19.4. The summed E-state index contributed by atoms with van der Waals surface area (Å²) in [6, 6.07) is 7.19. The van der Waals surface area contributed by atoms with E-state index in [0.717, 1.165) is 15.4 Å². The van der Waals surface area contributed by atoms with Gasteiger partial charge in [0.25, 0.3) is 0 Å². The van der Waals surface area contributed by atoms with Crippen LogP contribution < -0.4 is 0 Å². The first kappa shape index (κ1) is 11.0. The van der Waals surface area contributed by atoms with Crippen LogP contribution in [-0.4, -0.2) is 14.6 Å². The number of hydrogen-bond donors (Lipinski definition) is 0. The quantitative estimate of drug-likeness (QED) is 0.614. The number of aromatic nitrogens is 3. The number of aryl methyl sites for hydroxylation is 1. The first-order valence-electron chi connectivity index (χ1n) is 5.28. The Morgan fingerprint density at radius 1 is 1.11 bits per heavy atom. The molecule has 0 saturated heterocycles. The van der Waals surface area contributed by atoms with Gasteiger partial charge in [-0.25, -0.2) is 0 Å². The van der Waals surface area contributed by atoms with Gasteiger partial charge in [-0.05, 0) is 24.4 Å². The zero-order valence-corrected chi connectivity index (χ0v) is 9.36. The molecule has 6 heteroatoms. The minimum Gasteiger partial charge on any atom is -0.278 e. The highest BCUT2D eigenvalue weighted by Gasteiger charge is 2.37. The van der Waals surface area contributed by atoms with Crippen LogP contribution in [-0.2, 0) is 6.18 Å². The largest absolute Gasteiger partial charge is 0.452 e. The lowest BCUT2D eigenvalue weighted by atomic mass is 10.1. The fourth-order valence-corrected chi connectivity index (χ4v) is 1.97. The van der Waals surface area contributed by atoms with Crippen LogP contribution in [0.1, 0.15) is 11.4 Å². The molecule has 2 heterocycles. The third-order valence-corrected chi connectivity index (χ3v) is 2.80. The molecule has 2 aromatic heterocycles. The first-order chi connectivity index (χ1) is 8.47. The van der Waals surface area contributed by atoms with Crippen LogP contribution in [0.4, 0.5) is 13.2 Å². The third-order valence-electron chi connectivity index (χ3n) is 2.80. The summed E-state index contributed by atoms with van der Waals surface area (Å²) in [5, 5.41) is 8.39. The molecule has 0 aliphatic rings. The Hall–Kier alpha value is -2.11. The van der Waals surface area contributed by atoms with E-state index in [0.29, 0.717) is 5.39 Å². The molecule has 0 aliphatic heterocycles. The number of pyridine rings is 1. The maximum atomic E-state index is 12.7. The summed E-state index contributed by atoms with van der Waals surface area (Å²) < 4.78 is 39.1. The first-order valence-corrected chi connectivity index (χ1v) is 5.28. The van der Waals surface area contributed by atoms with Crippen molar-refractivity contribution >= 4 is 16.4 Å². The van der Waals surface area contributed by atoms with Crippen molar-refractivity contribution in [2.24, 2.45) is 0 Å². The number of alkyl halides is 3. The van der Waals surface area contributed by atoms with Gasteiger partial charge in [-0.2, -0.15) is 13.2 Å². The Bertz CT molecular complexity index is 743. The maximum absolute atomic E-state index is 12.7. The van der Waals surface area contributed by atoms with E-state index in [2.05, 4.69) is 10.2 Å². The second kappa shape index (κ2) is 3.44. The molecule has 0 amide bonds. The molecule has 0 saturated carbocycles. The lowest BCUT2D eigenvalue weighted by molar-refractivity contribution is -0.145. The smallest absolute Gasteiger partial charge is 0.278 e. The van der Waals surface area contributed by atoms with Crippen molar-refractivity contribution < 1.29 is 13.2 Å². The highest BCUT2D eigenvalue weighted by molar-refractivity contribution is 5.94. The molecule has 3 nitrogen and oxygen atoms in total. The molecule has 0 aliphatic carbocycles. The molecular formula is C12H8F3N3. The summed E-state index contributed by atoms with van der Waals surface area (Å²) in [6.07, 6.45) is -3.16. The summed E-state index contributed by atoms with van der Waals surface area (Å²) in [5.41, 5.74) is 1.19. The van der Waals surface area contributed by atoms with Crippen molar-refractivity contribution in [2.45, 2.75) is 13.1 Å². The Labute approximate surface area is 99.9 Å². The molecule has 92 valence electrons. The SMILES string of the molecule is Cc1ccc2ccn3c(C(F)(F)F)nnc3c2c1. The van der Waals surface area contributed by atoms with E-state index in [1.807, 2.05) is 19.1 Å². The maximum Gasteiger partial charge on any atom is 0.452 e. The second-order valence-corrected chi connectivity index (χ2v) is 4.12. The summed E-state index contributed by atoms with van der Waals surface area (Å²) in [4.78, 5) is 0. The predicted molar refractivity (Wildman–Crippen MR) is 60.2 cm³/mol. The van der Waals surface area contributed by atoms with E-state index in [4.69, 9.17) is 0 Å². The topological polar surface area (TPSA) is 30.2 Å². The minimum absolute atomic E-state index is 0.225. The van der Waals surface area contributed by atoms with Gasteiger partial charge in [-0.1, -0.05) is 17.7 Å². The Morgan fingerprint density at radius 2 is 1.89 bits per heavy atom. The Kier molecular flexibility index (Phi) is 2.10. The average molecular weight is 251 g/mol. The van der Waals surface area contributed by atoms with Crippen LogP contribution in [0.2, 0.25) is 0 Å².